The predicted octanol–water partition coefficient (Wildman–Crippen LogP) is 1.63. The Morgan fingerprint density at radius 3 is 2.54 bits per heavy atom. The first-order chi connectivity index (χ1) is 6.16. The topological polar surface area (TPSA) is 46.2 Å². The minimum absolute atomic E-state index is 0.267. The van der Waals surface area contributed by atoms with Crippen LogP contribution in [0, 0.1) is 0 Å². The van der Waals surface area contributed by atoms with Gasteiger partial charge in [0.1, 0.15) is 0 Å². The van der Waals surface area contributed by atoms with E-state index in [9.17, 15) is 5.11 Å². The van der Waals surface area contributed by atoms with Crippen molar-refractivity contribution in [3.8, 4) is 0 Å². The zero-order valence-corrected chi connectivity index (χ0v) is 8.20. The number of rotatable bonds is 3. The van der Waals surface area contributed by atoms with Crippen molar-refractivity contribution in [3.63, 3.8) is 0 Å². The molecule has 0 saturated carbocycles. The summed E-state index contributed by atoms with van der Waals surface area (Å²) in [5.74, 6) is 0. The molecule has 1 aromatic rings. The van der Waals surface area contributed by atoms with Gasteiger partial charge >= 0.3 is 0 Å². The van der Waals surface area contributed by atoms with Gasteiger partial charge in [-0.25, -0.2) is 0 Å². The van der Waals surface area contributed by atoms with Crippen molar-refractivity contribution in [2.45, 2.75) is 32.4 Å². The molecule has 1 aromatic carbocycles. The van der Waals surface area contributed by atoms with Crippen molar-refractivity contribution in [2.24, 2.45) is 5.73 Å². The summed E-state index contributed by atoms with van der Waals surface area (Å²) in [6.45, 7) is 3.81. The minimum Gasteiger partial charge on any atom is -0.391 e. The molecule has 0 amide bonds. The second kappa shape index (κ2) is 4.40. The van der Waals surface area contributed by atoms with Crippen LogP contribution in [0.25, 0.3) is 0 Å². The minimum atomic E-state index is -0.493. The highest BCUT2D eigenvalue weighted by Gasteiger charge is 2.13. The lowest BCUT2D eigenvalue weighted by Crippen LogP contribution is -2.24. The Morgan fingerprint density at radius 1 is 1.38 bits per heavy atom. The summed E-state index contributed by atoms with van der Waals surface area (Å²) >= 11 is 0. The Morgan fingerprint density at radius 2 is 2.00 bits per heavy atom. The van der Waals surface area contributed by atoms with Crippen molar-refractivity contribution >= 4 is 0 Å². The van der Waals surface area contributed by atoms with E-state index in [2.05, 4.69) is 13.0 Å². The molecule has 0 radical (unpaired) electrons. The standard InChI is InChI=1S/C11H17NO/c1-3-9-6-4-5-7-10(9)11(12)8(2)13/h4-8,11,13H,3,12H2,1-2H3. The normalized spacial score (nSPS) is 15.4. The molecular formula is C11H17NO. The molecule has 2 unspecified atom stereocenters. The fourth-order valence-electron chi connectivity index (χ4n) is 1.44. The Balaban J connectivity index is 2.98. The number of hydrogen-bond acceptors (Lipinski definition) is 2. The largest absolute Gasteiger partial charge is 0.391 e. The van der Waals surface area contributed by atoms with Gasteiger partial charge in [-0.15, -0.1) is 0 Å². The number of aryl methyl sites for hydroxylation is 1. The van der Waals surface area contributed by atoms with Gasteiger partial charge in [-0.05, 0) is 24.5 Å². The molecule has 1 rings (SSSR count). The summed E-state index contributed by atoms with van der Waals surface area (Å²) in [5, 5.41) is 9.37. The fraction of sp³-hybridized carbons (Fsp3) is 0.455. The highest BCUT2D eigenvalue weighted by atomic mass is 16.3. The monoisotopic (exact) mass is 179 g/mol. The molecule has 2 nitrogen and oxygen atoms in total. The van der Waals surface area contributed by atoms with E-state index in [1.165, 1.54) is 5.56 Å². The van der Waals surface area contributed by atoms with E-state index in [1.54, 1.807) is 6.92 Å². The molecule has 0 fully saturated rings. The summed E-state index contributed by atoms with van der Waals surface area (Å²) in [7, 11) is 0. The number of benzene rings is 1. The molecule has 0 aromatic heterocycles. The van der Waals surface area contributed by atoms with Crippen molar-refractivity contribution < 1.29 is 5.11 Å². The summed E-state index contributed by atoms with van der Waals surface area (Å²) in [6.07, 6.45) is 0.462. The molecule has 2 atom stereocenters. The van der Waals surface area contributed by atoms with E-state index in [1.807, 2.05) is 18.2 Å². The zero-order chi connectivity index (χ0) is 9.84. The second-order valence-electron chi connectivity index (χ2n) is 3.32. The van der Waals surface area contributed by atoms with E-state index in [-0.39, 0.29) is 6.04 Å². The van der Waals surface area contributed by atoms with Crippen LogP contribution >= 0.6 is 0 Å². The summed E-state index contributed by atoms with van der Waals surface area (Å²) in [5.41, 5.74) is 8.14. The highest BCUT2D eigenvalue weighted by Crippen LogP contribution is 2.19. The Labute approximate surface area is 79.4 Å². The summed E-state index contributed by atoms with van der Waals surface area (Å²) in [6, 6.07) is 7.72. The van der Waals surface area contributed by atoms with E-state index in [4.69, 9.17) is 5.73 Å². The number of aliphatic hydroxyl groups is 1. The van der Waals surface area contributed by atoms with E-state index < -0.39 is 6.10 Å². The molecule has 0 saturated heterocycles. The summed E-state index contributed by atoms with van der Waals surface area (Å²) < 4.78 is 0. The van der Waals surface area contributed by atoms with Gasteiger partial charge in [0.25, 0.3) is 0 Å². The fourth-order valence-corrected chi connectivity index (χ4v) is 1.44. The summed E-state index contributed by atoms with van der Waals surface area (Å²) in [4.78, 5) is 0. The molecule has 0 aliphatic heterocycles. The van der Waals surface area contributed by atoms with Crippen LogP contribution in [0.4, 0.5) is 0 Å². The van der Waals surface area contributed by atoms with Gasteiger partial charge < -0.3 is 10.8 Å². The smallest absolute Gasteiger partial charge is 0.0704 e. The quantitative estimate of drug-likeness (QED) is 0.740. The maximum Gasteiger partial charge on any atom is 0.0704 e. The van der Waals surface area contributed by atoms with Crippen molar-refractivity contribution in [3.05, 3.63) is 35.4 Å². The van der Waals surface area contributed by atoms with Crippen LogP contribution < -0.4 is 5.73 Å². The number of aliphatic hydroxyl groups excluding tert-OH is 1. The zero-order valence-electron chi connectivity index (χ0n) is 8.20. The highest BCUT2D eigenvalue weighted by molar-refractivity contribution is 5.30. The molecule has 72 valence electrons. The Hall–Kier alpha value is -0.860. The third-order valence-electron chi connectivity index (χ3n) is 2.31. The van der Waals surface area contributed by atoms with Crippen LogP contribution in [0.1, 0.15) is 31.0 Å². The van der Waals surface area contributed by atoms with Crippen LogP contribution in [0.3, 0.4) is 0 Å². The molecule has 3 N–H and O–H groups in total. The lowest BCUT2D eigenvalue weighted by atomic mass is 9.96. The molecule has 2 heteroatoms. The van der Waals surface area contributed by atoms with E-state index in [0.29, 0.717) is 0 Å². The van der Waals surface area contributed by atoms with Crippen LogP contribution in [-0.4, -0.2) is 11.2 Å². The van der Waals surface area contributed by atoms with E-state index >= 15 is 0 Å². The molecule has 0 aliphatic carbocycles. The van der Waals surface area contributed by atoms with Gasteiger partial charge in [-0.3, -0.25) is 0 Å². The number of hydrogen-bond donors (Lipinski definition) is 2. The molecule has 0 heterocycles. The molecule has 13 heavy (non-hydrogen) atoms. The van der Waals surface area contributed by atoms with Gasteiger partial charge in [-0.1, -0.05) is 31.2 Å². The maximum absolute atomic E-state index is 9.37. The maximum atomic E-state index is 9.37. The van der Waals surface area contributed by atoms with Gasteiger partial charge in [0.2, 0.25) is 0 Å². The number of nitrogens with two attached hydrogens (primary N) is 1. The molecule has 0 spiro atoms. The van der Waals surface area contributed by atoms with E-state index in [0.717, 1.165) is 12.0 Å². The predicted molar refractivity (Wildman–Crippen MR) is 54.4 cm³/mol. The van der Waals surface area contributed by atoms with Crippen LogP contribution in [-0.2, 0) is 6.42 Å². The Kier molecular flexibility index (Phi) is 3.46. The van der Waals surface area contributed by atoms with Gasteiger partial charge in [0, 0.05) is 0 Å². The first-order valence-corrected chi connectivity index (χ1v) is 4.68. The van der Waals surface area contributed by atoms with Crippen molar-refractivity contribution in [1.82, 2.24) is 0 Å². The first kappa shape index (κ1) is 10.2. The van der Waals surface area contributed by atoms with Gasteiger partial charge in [0.05, 0.1) is 12.1 Å². The lowest BCUT2D eigenvalue weighted by molar-refractivity contribution is 0.164. The molecule has 0 bridgehead atoms. The van der Waals surface area contributed by atoms with Crippen molar-refractivity contribution in [1.29, 1.82) is 0 Å². The van der Waals surface area contributed by atoms with Gasteiger partial charge in [-0.2, -0.15) is 0 Å². The average Bonchev–Trinajstić information content (AvgIpc) is 2.16. The van der Waals surface area contributed by atoms with Crippen LogP contribution in [0.15, 0.2) is 24.3 Å². The van der Waals surface area contributed by atoms with Crippen LogP contribution in [0.5, 0.6) is 0 Å². The van der Waals surface area contributed by atoms with Gasteiger partial charge in [0.15, 0.2) is 0 Å². The average molecular weight is 179 g/mol. The first-order valence-electron chi connectivity index (χ1n) is 4.68. The SMILES string of the molecule is CCc1ccccc1C(N)C(C)O. The lowest BCUT2D eigenvalue weighted by Gasteiger charge is -2.18. The third kappa shape index (κ3) is 2.29. The Bertz CT molecular complexity index is 271. The second-order valence-corrected chi connectivity index (χ2v) is 3.32. The van der Waals surface area contributed by atoms with Crippen molar-refractivity contribution in [2.75, 3.05) is 0 Å². The van der Waals surface area contributed by atoms with Crippen LogP contribution in [0.2, 0.25) is 0 Å². The third-order valence-corrected chi connectivity index (χ3v) is 2.31. The molecular weight excluding hydrogens is 162 g/mol. The molecule has 0 aliphatic rings.